The molecule has 2 aliphatic heterocycles. The van der Waals surface area contributed by atoms with Crippen LogP contribution in [0.25, 0.3) is 0 Å². The van der Waals surface area contributed by atoms with Gasteiger partial charge >= 0.3 is 5.97 Å². The molecule has 0 saturated carbocycles. The smallest absolute Gasteiger partial charge is 0.327 e. The summed E-state index contributed by atoms with van der Waals surface area (Å²) in [6, 6.07) is 6.11. The maximum atomic E-state index is 13.0. The van der Waals surface area contributed by atoms with Crippen molar-refractivity contribution in [1.29, 1.82) is 0 Å². The average Bonchev–Trinajstić information content (AvgIpc) is 2.94. The number of rotatable bonds is 7. The summed E-state index contributed by atoms with van der Waals surface area (Å²) in [5.74, 6) is -2.51. The zero-order chi connectivity index (χ0) is 22.4. The number of ether oxygens (including phenoxy) is 1. The van der Waals surface area contributed by atoms with E-state index in [0.29, 0.717) is 5.75 Å². The zero-order valence-corrected chi connectivity index (χ0v) is 18.9. The van der Waals surface area contributed by atoms with Crippen LogP contribution in [-0.2, 0) is 19.2 Å². The van der Waals surface area contributed by atoms with Gasteiger partial charge in [0.2, 0.25) is 5.54 Å². The van der Waals surface area contributed by atoms with Crippen molar-refractivity contribution in [1.82, 2.24) is 10.2 Å². The Morgan fingerprint density at radius 1 is 1.27 bits per heavy atom. The van der Waals surface area contributed by atoms with E-state index in [1.165, 1.54) is 30.5 Å². The van der Waals surface area contributed by atoms with E-state index in [9.17, 15) is 24.3 Å². The van der Waals surface area contributed by atoms with Crippen molar-refractivity contribution < 1.29 is 29.0 Å². The van der Waals surface area contributed by atoms with Gasteiger partial charge in [-0.05, 0) is 58.2 Å². The van der Waals surface area contributed by atoms with Crippen LogP contribution >= 0.6 is 23.5 Å². The molecule has 2 fully saturated rings. The molecule has 0 radical (unpaired) electrons. The van der Waals surface area contributed by atoms with Crippen LogP contribution in [0.5, 0.6) is 5.75 Å². The van der Waals surface area contributed by atoms with Crippen molar-refractivity contribution in [2.75, 3.05) is 6.26 Å². The van der Waals surface area contributed by atoms with Crippen LogP contribution in [0, 0.1) is 0 Å². The van der Waals surface area contributed by atoms with Crippen LogP contribution in [0.3, 0.4) is 0 Å². The number of nitrogens with one attached hydrogen (secondary N) is 1. The molecule has 1 aromatic rings. The second-order valence-corrected chi connectivity index (χ2v) is 10.4. The van der Waals surface area contributed by atoms with E-state index < -0.39 is 51.4 Å². The Morgan fingerprint density at radius 3 is 2.37 bits per heavy atom. The Morgan fingerprint density at radius 2 is 1.87 bits per heavy atom. The number of β-lactam (4-membered cyclic amide) rings is 1. The third-order valence-corrected chi connectivity index (χ3v) is 7.78. The number of Topliss-reactive ketones (excluding diaryl/α,β-unsaturated/α-hetero) is 1. The van der Waals surface area contributed by atoms with Gasteiger partial charge in [0, 0.05) is 9.64 Å². The lowest BCUT2D eigenvalue weighted by Gasteiger charge is -2.51. The Hall–Kier alpha value is -2.20. The van der Waals surface area contributed by atoms with Crippen LogP contribution in [0.15, 0.2) is 29.2 Å². The number of aliphatic carboxylic acids is 1. The van der Waals surface area contributed by atoms with E-state index in [0.717, 1.165) is 4.90 Å². The third-order valence-electron chi connectivity index (χ3n) is 5.40. The number of hydrogen-bond donors (Lipinski definition) is 2. The number of amides is 2. The Kier molecular flexibility index (Phi) is 5.85. The van der Waals surface area contributed by atoms with Crippen molar-refractivity contribution in [3.05, 3.63) is 24.3 Å². The minimum Gasteiger partial charge on any atom is -0.481 e. The van der Waals surface area contributed by atoms with Crippen molar-refractivity contribution in [2.45, 2.75) is 60.4 Å². The van der Waals surface area contributed by atoms with Gasteiger partial charge in [0.1, 0.15) is 17.2 Å². The highest BCUT2D eigenvalue weighted by molar-refractivity contribution is 8.01. The molecule has 2 saturated heterocycles. The second kappa shape index (κ2) is 7.81. The molecular weight excluding hydrogens is 428 g/mol. The molecule has 2 amide bonds. The number of hydrogen-bond acceptors (Lipinski definition) is 7. The lowest BCUT2D eigenvalue weighted by Crippen LogP contribution is -2.82. The molecule has 2 N–H and O–H groups in total. The van der Waals surface area contributed by atoms with E-state index in [2.05, 4.69) is 5.32 Å². The molecular formula is C20H24N2O6S2. The first-order chi connectivity index (χ1) is 14.0. The number of carbonyl (C=O) groups is 4. The topological polar surface area (TPSA) is 113 Å². The normalized spacial score (nSPS) is 27.6. The summed E-state index contributed by atoms with van der Waals surface area (Å²) in [6.45, 7) is 6.17. The fourth-order valence-electron chi connectivity index (χ4n) is 3.80. The summed E-state index contributed by atoms with van der Waals surface area (Å²) >= 11 is 2.78. The van der Waals surface area contributed by atoms with Gasteiger partial charge in [-0.1, -0.05) is 0 Å². The third kappa shape index (κ3) is 3.45. The number of carboxylic acid groups (broad SMARTS) is 1. The standard InChI is InChI=1S/C20H24N2O6S2/c1-10(28-12-6-8-13(29-5)9-7-12)15(24)21-20(11(2)23)17(27)22-14(16(25)26)19(3,4)30-18(20)22/h6-10,14,18H,1-5H3,(H,21,24)(H,25,26)/t10?,14-,18+,20-/m0/s1. The molecule has 2 aliphatic rings. The number of carboxylic acids is 1. The van der Waals surface area contributed by atoms with Gasteiger partial charge < -0.3 is 20.1 Å². The lowest BCUT2D eigenvalue weighted by molar-refractivity contribution is -0.172. The average molecular weight is 453 g/mol. The van der Waals surface area contributed by atoms with Crippen LogP contribution < -0.4 is 10.1 Å². The summed E-state index contributed by atoms with van der Waals surface area (Å²) in [5.41, 5.74) is -1.79. The molecule has 0 spiro atoms. The number of ketones is 1. The fourth-order valence-corrected chi connectivity index (χ4v) is 5.96. The number of thioether (sulfide) groups is 2. The van der Waals surface area contributed by atoms with Gasteiger partial charge in [0.15, 0.2) is 11.9 Å². The van der Waals surface area contributed by atoms with Gasteiger partial charge in [0.05, 0.1) is 0 Å². The van der Waals surface area contributed by atoms with Crippen molar-refractivity contribution in [3.8, 4) is 5.75 Å². The SMILES string of the molecule is CSc1ccc(OC(C)C(=O)N[C@@]2(C(C)=O)C(=O)N3[C@@H](C(=O)O)C(C)(C)S[C@@H]32)cc1. The molecule has 8 nitrogen and oxygen atoms in total. The predicted octanol–water partition coefficient (Wildman–Crippen LogP) is 1.77. The molecule has 1 aromatic carbocycles. The summed E-state index contributed by atoms with van der Waals surface area (Å²) in [4.78, 5) is 52.2. The molecule has 10 heteroatoms. The van der Waals surface area contributed by atoms with Crippen molar-refractivity contribution in [3.63, 3.8) is 0 Å². The number of fused-ring (bicyclic) bond motifs is 1. The fraction of sp³-hybridized carbons (Fsp3) is 0.500. The first-order valence-electron chi connectivity index (χ1n) is 9.33. The number of carbonyl (C=O) groups excluding carboxylic acids is 3. The molecule has 0 aliphatic carbocycles. The molecule has 0 bridgehead atoms. The highest BCUT2D eigenvalue weighted by Crippen LogP contribution is 2.55. The minimum atomic E-state index is -1.79. The van der Waals surface area contributed by atoms with Crippen LogP contribution in [-0.4, -0.2) is 67.6 Å². The molecule has 162 valence electrons. The summed E-state index contributed by atoms with van der Waals surface area (Å²) in [7, 11) is 0. The largest absolute Gasteiger partial charge is 0.481 e. The predicted molar refractivity (Wildman–Crippen MR) is 114 cm³/mol. The lowest BCUT2D eigenvalue weighted by atomic mass is 9.81. The summed E-state index contributed by atoms with van der Waals surface area (Å²) in [6.07, 6.45) is 0.987. The van der Waals surface area contributed by atoms with E-state index in [4.69, 9.17) is 4.74 Å². The molecule has 0 aromatic heterocycles. The van der Waals surface area contributed by atoms with Crippen LogP contribution in [0.2, 0.25) is 0 Å². The maximum absolute atomic E-state index is 13.0. The first-order valence-corrected chi connectivity index (χ1v) is 11.4. The Bertz CT molecular complexity index is 903. The molecule has 30 heavy (non-hydrogen) atoms. The summed E-state index contributed by atoms with van der Waals surface area (Å²) < 4.78 is 4.85. The number of nitrogens with zero attached hydrogens (tertiary/aromatic N) is 1. The quantitative estimate of drug-likeness (QED) is 0.366. The number of benzene rings is 1. The van der Waals surface area contributed by atoms with Gasteiger partial charge in [-0.3, -0.25) is 14.4 Å². The van der Waals surface area contributed by atoms with Gasteiger partial charge in [-0.15, -0.1) is 23.5 Å². The van der Waals surface area contributed by atoms with Gasteiger partial charge in [-0.2, -0.15) is 0 Å². The van der Waals surface area contributed by atoms with Crippen molar-refractivity contribution in [2.24, 2.45) is 0 Å². The second-order valence-electron chi connectivity index (χ2n) is 7.82. The van der Waals surface area contributed by atoms with Gasteiger partial charge in [-0.25, -0.2) is 4.79 Å². The van der Waals surface area contributed by atoms with E-state index in [-0.39, 0.29) is 0 Å². The Balaban J connectivity index is 1.79. The first kappa shape index (κ1) is 22.5. The molecule has 2 heterocycles. The van der Waals surface area contributed by atoms with Gasteiger partial charge in [0.25, 0.3) is 11.8 Å². The molecule has 1 unspecified atom stereocenters. The van der Waals surface area contributed by atoms with E-state index in [1.807, 2.05) is 18.4 Å². The highest BCUT2D eigenvalue weighted by atomic mass is 32.2. The highest BCUT2D eigenvalue weighted by Gasteiger charge is 2.74. The van der Waals surface area contributed by atoms with Crippen LogP contribution in [0.4, 0.5) is 0 Å². The van der Waals surface area contributed by atoms with Crippen molar-refractivity contribution >= 4 is 47.1 Å². The van der Waals surface area contributed by atoms with Crippen LogP contribution in [0.1, 0.15) is 27.7 Å². The monoisotopic (exact) mass is 452 g/mol. The van der Waals surface area contributed by atoms with E-state index in [1.54, 1.807) is 37.7 Å². The zero-order valence-electron chi connectivity index (χ0n) is 17.3. The maximum Gasteiger partial charge on any atom is 0.327 e. The molecule has 4 atom stereocenters. The minimum absolute atomic E-state index is 0.483. The Labute approximate surface area is 183 Å². The summed E-state index contributed by atoms with van der Waals surface area (Å²) in [5, 5.41) is 11.4. The van der Waals surface area contributed by atoms with E-state index >= 15 is 0 Å². The molecule has 3 rings (SSSR count).